The maximum absolute atomic E-state index is 10.7. The van der Waals surface area contributed by atoms with E-state index in [9.17, 15) is 25.1 Å². The number of para-hydroxylation sites is 1. The molecule has 0 fully saturated rings. The molecule has 7 nitrogen and oxygen atoms in total. The Hall–Kier alpha value is -1.99. The molecule has 0 aliphatic carbocycles. The number of rotatable bonds is 4. The molecule has 0 aliphatic heterocycles. The summed E-state index contributed by atoms with van der Waals surface area (Å²) >= 11 is 0. The molecule has 0 unspecified atom stereocenters. The molecule has 2 atom stereocenters. The van der Waals surface area contributed by atoms with Gasteiger partial charge in [0.2, 0.25) is 0 Å². The van der Waals surface area contributed by atoms with Gasteiger partial charge in [-0.1, -0.05) is 12.1 Å². The quantitative estimate of drug-likeness (QED) is 0.520. The molecular formula is C10H11NO6. The highest BCUT2D eigenvalue weighted by molar-refractivity contribution is 5.78. The summed E-state index contributed by atoms with van der Waals surface area (Å²) in [5.41, 5.74) is -3.18. The highest BCUT2D eigenvalue weighted by Gasteiger charge is 2.42. The standard InChI is InChI=1S/C10H11NO6/c1-10(15,9(13)14)8(12)6-4-2-3-5-7(6)11(16)17/h2-5,8,12,15H,1H3,(H,13,14)/t8-,10+/m1/s1. The summed E-state index contributed by atoms with van der Waals surface area (Å²) in [6.07, 6.45) is -1.89. The first-order valence-corrected chi connectivity index (χ1v) is 4.65. The Morgan fingerprint density at radius 1 is 1.47 bits per heavy atom. The minimum Gasteiger partial charge on any atom is -0.479 e. The molecule has 0 bridgehead atoms. The summed E-state index contributed by atoms with van der Waals surface area (Å²) in [5.74, 6) is -1.66. The Balaban J connectivity index is 3.26. The third-order valence-electron chi connectivity index (χ3n) is 2.39. The van der Waals surface area contributed by atoms with E-state index in [1.165, 1.54) is 18.2 Å². The van der Waals surface area contributed by atoms with E-state index in [0.717, 1.165) is 13.0 Å². The molecule has 17 heavy (non-hydrogen) atoms. The Kier molecular flexibility index (Phi) is 3.45. The summed E-state index contributed by atoms with van der Waals surface area (Å²) in [6.45, 7) is 0.872. The highest BCUT2D eigenvalue weighted by atomic mass is 16.6. The van der Waals surface area contributed by atoms with Crippen molar-refractivity contribution in [3.63, 3.8) is 0 Å². The van der Waals surface area contributed by atoms with Crippen molar-refractivity contribution in [1.29, 1.82) is 0 Å². The lowest BCUT2D eigenvalue weighted by Crippen LogP contribution is -2.41. The number of hydrogen-bond donors (Lipinski definition) is 3. The van der Waals surface area contributed by atoms with Crippen LogP contribution in [0.15, 0.2) is 24.3 Å². The molecule has 0 heterocycles. The van der Waals surface area contributed by atoms with Crippen LogP contribution in [-0.4, -0.2) is 31.8 Å². The van der Waals surface area contributed by atoms with Crippen molar-refractivity contribution in [3.8, 4) is 0 Å². The highest BCUT2D eigenvalue weighted by Crippen LogP contribution is 2.32. The fourth-order valence-corrected chi connectivity index (χ4v) is 1.30. The van der Waals surface area contributed by atoms with Gasteiger partial charge in [-0.25, -0.2) is 4.79 Å². The minimum atomic E-state index is -2.49. The van der Waals surface area contributed by atoms with Crippen LogP contribution in [0.5, 0.6) is 0 Å². The van der Waals surface area contributed by atoms with Gasteiger partial charge in [-0.05, 0) is 13.0 Å². The molecule has 1 aromatic rings. The molecule has 0 amide bonds. The number of benzene rings is 1. The number of aliphatic carboxylic acids is 1. The third-order valence-corrected chi connectivity index (χ3v) is 2.39. The van der Waals surface area contributed by atoms with Crippen molar-refractivity contribution in [2.24, 2.45) is 0 Å². The van der Waals surface area contributed by atoms with Gasteiger partial charge in [0, 0.05) is 6.07 Å². The van der Waals surface area contributed by atoms with Crippen molar-refractivity contribution in [1.82, 2.24) is 0 Å². The van der Waals surface area contributed by atoms with Crippen molar-refractivity contribution in [2.75, 3.05) is 0 Å². The second-order valence-corrected chi connectivity index (χ2v) is 3.67. The number of nitrogens with zero attached hydrogens (tertiary/aromatic N) is 1. The smallest absolute Gasteiger partial charge is 0.338 e. The first-order chi connectivity index (χ1) is 7.78. The van der Waals surface area contributed by atoms with Crippen LogP contribution in [0.2, 0.25) is 0 Å². The minimum absolute atomic E-state index is 0.245. The van der Waals surface area contributed by atoms with E-state index in [1.54, 1.807) is 0 Å². The summed E-state index contributed by atoms with van der Waals surface area (Å²) < 4.78 is 0. The molecule has 0 spiro atoms. The van der Waals surface area contributed by atoms with E-state index in [1.807, 2.05) is 0 Å². The lowest BCUT2D eigenvalue weighted by molar-refractivity contribution is -0.386. The lowest BCUT2D eigenvalue weighted by Gasteiger charge is -2.24. The van der Waals surface area contributed by atoms with Gasteiger partial charge in [-0.2, -0.15) is 0 Å². The Morgan fingerprint density at radius 2 is 2.00 bits per heavy atom. The molecule has 3 N–H and O–H groups in total. The third kappa shape index (κ3) is 2.40. The number of carboxylic acid groups (broad SMARTS) is 1. The topological polar surface area (TPSA) is 121 Å². The number of nitro benzene ring substituents is 1. The van der Waals surface area contributed by atoms with Crippen LogP contribution in [0.3, 0.4) is 0 Å². The number of nitro groups is 1. The SMILES string of the molecule is C[C@@](O)(C(=O)O)[C@H](O)c1ccccc1[N+](=O)[O-]. The number of carbonyl (C=O) groups is 1. The van der Waals surface area contributed by atoms with E-state index >= 15 is 0 Å². The van der Waals surface area contributed by atoms with E-state index < -0.39 is 28.3 Å². The molecule has 0 saturated carbocycles. The predicted octanol–water partition coefficient (Wildman–Crippen LogP) is 0.464. The summed E-state index contributed by atoms with van der Waals surface area (Å²) in [5, 5.41) is 38.7. The number of aliphatic hydroxyl groups is 2. The lowest BCUT2D eigenvalue weighted by atomic mass is 9.92. The van der Waals surface area contributed by atoms with E-state index in [0.29, 0.717) is 0 Å². The molecule has 0 aliphatic rings. The van der Waals surface area contributed by atoms with Gasteiger partial charge in [-0.3, -0.25) is 10.1 Å². The fraction of sp³-hybridized carbons (Fsp3) is 0.300. The van der Waals surface area contributed by atoms with Crippen LogP contribution in [-0.2, 0) is 4.79 Å². The maximum Gasteiger partial charge on any atom is 0.338 e. The van der Waals surface area contributed by atoms with Crippen LogP contribution in [0.4, 0.5) is 5.69 Å². The van der Waals surface area contributed by atoms with Crippen LogP contribution in [0.25, 0.3) is 0 Å². The largest absolute Gasteiger partial charge is 0.479 e. The van der Waals surface area contributed by atoms with Crippen molar-refractivity contribution in [3.05, 3.63) is 39.9 Å². The van der Waals surface area contributed by atoms with Crippen molar-refractivity contribution in [2.45, 2.75) is 18.6 Å². The van der Waals surface area contributed by atoms with Gasteiger partial charge < -0.3 is 15.3 Å². The van der Waals surface area contributed by atoms with Gasteiger partial charge in [0.25, 0.3) is 5.69 Å². The van der Waals surface area contributed by atoms with Crippen molar-refractivity contribution < 1.29 is 25.0 Å². The van der Waals surface area contributed by atoms with Gasteiger partial charge >= 0.3 is 5.97 Å². The van der Waals surface area contributed by atoms with E-state index in [-0.39, 0.29) is 5.56 Å². The Labute approximate surface area is 96.1 Å². The molecule has 1 rings (SSSR count). The van der Waals surface area contributed by atoms with E-state index in [4.69, 9.17) is 5.11 Å². The van der Waals surface area contributed by atoms with Gasteiger partial charge in [0.05, 0.1) is 10.5 Å². The molecule has 7 heteroatoms. The number of hydrogen-bond acceptors (Lipinski definition) is 5. The van der Waals surface area contributed by atoms with Crippen LogP contribution in [0.1, 0.15) is 18.6 Å². The van der Waals surface area contributed by atoms with Crippen LogP contribution < -0.4 is 0 Å². The zero-order valence-corrected chi connectivity index (χ0v) is 8.90. The van der Waals surface area contributed by atoms with E-state index in [2.05, 4.69) is 0 Å². The Morgan fingerprint density at radius 3 is 2.47 bits per heavy atom. The number of carboxylic acids is 1. The van der Waals surface area contributed by atoms with Gasteiger partial charge in [-0.15, -0.1) is 0 Å². The second kappa shape index (κ2) is 4.48. The van der Waals surface area contributed by atoms with Gasteiger partial charge in [0.15, 0.2) is 5.60 Å². The molecular weight excluding hydrogens is 230 g/mol. The molecule has 0 radical (unpaired) electrons. The maximum atomic E-state index is 10.7. The Bertz CT molecular complexity index is 456. The van der Waals surface area contributed by atoms with Crippen LogP contribution >= 0.6 is 0 Å². The summed E-state index contributed by atoms with van der Waals surface area (Å²) in [6, 6.07) is 5.10. The first kappa shape index (κ1) is 13.1. The zero-order valence-electron chi connectivity index (χ0n) is 8.90. The monoisotopic (exact) mass is 241 g/mol. The average molecular weight is 241 g/mol. The normalized spacial score (nSPS) is 15.9. The van der Waals surface area contributed by atoms with Crippen LogP contribution in [0, 0.1) is 10.1 Å². The number of aliphatic hydroxyl groups excluding tert-OH is 1. The molecule has 92 valence electrons. The summed E-state index contributed by atoms with van der Waals surface area (Å²) in [7, 11) is 0. The second-order valence-electron chi connectivity index (χ2n) is 3.67. The first-order valence-electron chi connectivity index (χ1n) is 4.65. The van der Waals surface area contributed by atoms with Crippen molar-refractivity contribution >= 4 is 11.7 Å². The van der Waals surface area contributed by atoms with Gasteiger partial charge in [0.1, 0.15) is 6.10 Å². The zero-order chi connectivity index (χ0) is 13.2. The molecule has 0 saturated heterocycles. The molecule has 0 aromatic heterocycles. The average Bonchev–Trinajstić information content (AvgIpc) is 2.27. The fourth-order valence-electron chi connectivity index (χ4n) is 1.30. The predicted molar refractivity (Wildman–Crippen MR) is 56.3 cm³/mol. The molecule has 1 aromatic carbocycles. The summed E-state index contributed by atoms with van der Waals surface area (Å²) in [4.78, 5) is 20.7.